The molecule has 2 N–H and O–H groups in total. The molecular weight excluding hydrogens is 513 g/mol. The van der Waals surface area contributed by atoms with Crippen molar-refractivity contribution in [1.82, 2.24) is 15.5 Å². The Bertz CT molecular complexity index is 825. The van der Waals surface area contributed by atoms with Gasteiger partial charge in [-0.1, -0.05) is 48.0 Å². The number of rotatable bonds is 6. The Morgan fingerprint density at radius 2 is 1.67 bits per heavy atom. The van der Waals surface area contributed by atoms with E-state index in [9.17, 15) is 4.79 Å². The fourth-order valence-electron chi connectivity index (χ4n) is 3.34. The minimum absolute atomic E-state index is 0. The predicted molar refractivity (Wildman–Crippen MR) is 135 cm³/mol. The van der Waals surface area contributed by atoms with Crippen LogP contribution in [0.15, 0.2) is 59.6 Å². The molecule has 0 spiro atoms. The van der Waals surface area contributed by atoms with Crippen LogP contribution in [0.2, 0.25) is 5.02 Å². The second-order valence-electron chi connectivity index (χ2n) is 6.90. The van der Waals surface area contributed by atoms with Crippen LogP contribution in [-0.4, -0.2) is 56.5 Å². The summed E-state index contributed by atoms with van der Waals surface area (Å²) in [6.07, 6.45) is 0.443. The minimum atomic E-state index is 0. The van der Waals surface area contributed by atoms with Crippen LogP contribution in [0.1, 0.15) is 12.0 Å². The van der Waals surface area contributed by atoms with E-state index in [4.69, 9.17) is 11.6 Å². The summed E-state index contributed by atoms with van der Waals surface area (Å²) in [5.74, 6) is 0.832. The van der Waals surface area contributed by atoms with Crippen LogP contribution in [0, 0.1) is 0 Å². The van der Waals surface area contributed by atoms with Gasteiger partial charge in [0, 0.05) is 63.4 Å². The number of guanidine groups is 1. The van der Waals surface area contributed by atoms with Gasteiger partial charge in [0.25, 0.3) is 0 Å². The number of aliphatic imine (C=N–C) groups is 1. The number of hydrogen-bond acceptors (Lipinski definition) is 3. The number of para-hydroxylation sites is 1. The van der Waals surface area contributed by atoms with Gasteiger partial charge in [0.05, 0.1) is 0 Å². The lowest BCUT2D eigenvalue weighted by atomic mass is 10.2. The minimum Gasteiger partial charge on any atom is -0.368 e. The van der Waals surface area contributed by atoms with Crippen molar-refractivity contribution >= 4 is 53.1 Å². The molecule has 0 aromatic heterocycles. The van der Waals surface area contributed by atoms with Crippen molar-refractivity contribution in [1.29, 1.82) is 0 Å². The molecule has 0 saturated carbocycles. The summed E-state index contributed by atoms with van der Waals surface area (Å²) in [6, 6.07) is 18.0. The van der Waals surface area contributed by atoms with E-state index in [1.807, 2.05) is 47.4 Å². The lowest BCUT2D eigenvalue weighted by Crippen LogP contribution is -2.49. The van der Waals surface area contributed by atoms with Crippen molar-refractivity contribution in [2.75, 3.05) is 44.7 Å². The number of halogens is 2. The van der Waals surface area contributed by atoms with Gasteiger partial charge in [-0.2, -0.15) is 0 Å². The maximum absolute atomic E-state index is 12.5. The summed E-state index contributed by atoms with van der Waals surface area (Å²) in [4.78, 5) is 21.0. The average Bonchev–Trinajstić information content (AvgIpc) is 2.77. The molecule has 1 heterocycles. The van der Waals surface area contributed by atoms with Gasteiger partial charge in [0.15, 0.2) is 5.96 Å². The van der Waals surface area contributed by atoms with Gasteiger partial charge in [0.2, 0.25) is 5.91 Å². The highest BCUT2D eigenvalue weighted by Gasteiger charge is 2.20. The molecule has 30 heavy (non-hydrogen) atoms. The number of hydrogen-bond donors (Lipinski definition) is 2. The smallest absolute Gasteiger partial charge is 0.224 e. The Kier molecular flexibility index (Phi) is 10.2. The van der Waals surface area contributed by atoms with Crippen LogP contribution < -0.4 is 15.5 Å². The maximum Gasteiger partial charge on any atom is 0.224 e. The quantitative estimate of drug-likeness (QED) is 0.335. The van der Waals surface area contributed by atoms with E-state index in [1.165, 1.54) is 5.69 Å². The second kappa shape index (κ2) is 12.6. The van der Waals surface area contributed by atoms with Gasteiger partial charge >= 0.3 is 0 Å². The van der Waals surface area contributed by atoms with Gasteiger partial charge in [-0.15, -0.1) is 24.0 Å². The van der Waals surface area contributed by atoms with Crippen molar-refractivity contribution in [3.63, 3.8) is 0 Å². The Morgan fingerprint density at radius 1 is 1.00 bits per heavy atom. The van der Waals surface area contributed by atoms with Crippen molar-refractivity contribution in [3.05, 3.63) is 65.2 Å². The fourth-order valence-corrected chi connectivity index (χ4v) is 3.54. The van der Waals surface area contributed by atoms with Crippen molar-refractivity contribution in [2.24, 2.45) is 4.99 Å². The van der Waals surface area contributed by atoms with E-state index < -0.39 is 0 Å². The summed E-state index contributed by atoms with van der Waals surface area (Å²) in [5.41, 5.74) is 2.22. The average molecular weight is 542 g/mol. The molecule has 1 saturated heterocycles. The molecule has 2 aromatic carbocycles. The first-order valence-electron chi connectivity index (χ1n) is 9.93. The highest BCUT2D eigenvalue weighted by molar-refractivity contribution is 14.0. The fraction of sp³-hybridized carbons (Fsp3) is 0.364. The van der Waals surface area contributed by atoms with E-state index in [2.05, 4.69) is 32.7 Å². The Balaban J connectivity index is 0.00000320. The summed E-state index contributed by atoms with van der Waals surface area (Å²) in [5, 5.41) is 7.15. The van der Waals surface area contributed by atoms with Gasteiger partial charge in [-0.05, 0) is 23.8 Å². The largest absolute Gasteiger partial charge is 0.368 e. The van der Waals surface area contributed by atoms with E-state index in [1.54, 1.807) is 7.05 Å². The Morgan fingerprint density at radius 3 is 2.33 bits per heavy atom. The molecule has 8 heteroatoms. The van der Waals surface area contributed by atoms with E-state index in [0.29, 0.717) is 25.5 Å². The number of nitrogens with one attached hydrogen (secondary N) is 2. The van der Waals surface area contributed by atoms with Gasteiger partial charge in [-0.25, -0.2) is 0 Å². The summed E-state index contributed by atoms with van der Waals surface area (Å²) < 4.78 is 0. The number of benzene rings is 2. The molecule has 6 nitrogen and oxygen atoms in total. The van der Waals surface area contributed by atoms with Crippen LogP contribution in [-0.2, 0) is 11.3 Å². The number of nitrogens with zero attached hydrogens (tertiary/aromatic N) is 3. The molecule has 0 aliphatic carbocycles. The lowest BCUT2D eigenvalue weighted by Gasteiger charge is -2.36. The first kappa shape index (κ1) is 24.3. The Hall–Kier alpha value is -2.00. The van der Waals surface area contributed by atoms with Crippen LogP contribution in [0.5, 0.6) is 0 Å². The van der Waals surface area contributed by atoms with Gasteiger partial charge < -0.3 is 20.4 Å². The Labute approximate surface area is 200 Å². The molecule has 3 rings (SSSR count). The normalized spacial score (nSPS) is 14.1. The maximum atomic E-state index is 12.5. The van der Waals surface area contributed by atoms with Crippen LogP contribution in [0.4, 0.5) is 5.69 Å². The third kappa shape index (κ3) is 7.05. The molecule has 162 valence electrons. The number of amides is 1. The molecule has 1 aliphatic heterocycles. The molecule has 1 aliphatic rings. The standard InChI is InChI=1S/C22H28ClN5O.HI/c1-24-22(26-17-18-7-5-6-10-20(18)23)25-12-11-21(29)28-15-13-27(14-16-28)19-8-3-2-4-9-19;/h2-10H,11-17H2,1H3,(H2,24,25,26);1H. The van der Waals surface area contributed by atoms with Crippen LogP contribution in [0.3, 0.4) is 0 Å². The SMILES string of the molecule is CN=C(NCCC(=O)N1CCN(c2ccccc2)CC1)NCc1ccccc1Cl.I. The third-order valence-corrected chi connectivity index (χ3v) is 5.38. The van der Waals surface area contributed by atoms with Gasteiger partial charge in [0.1, 0.15) is 0 Å². The number of piperazine rings is 1. The van der Waals surface area contributed by atoms with Crippen molar-refractivity contribution in [3.8, 4) is 0 Å². The van der Waals surface area contributed by atoms with Crippen LogP contribution >= 0.6 is 35.6 Å². The number of anilines is 1. The van der Waals surface area contributed by atoms with Crippen molar-refractivity contribution < 1.29 is 4.79 Å². The summed E-state index contributed by atoms with van der Waals surface area (Å²) >= 11 is 6.18. The van der Waals surface area contributed by atoms with E-state index >= 15 is 0 Å². The number of carbonyl (C=O) groups is 1. The zero-order valence-electron chi connectivity index (χ0n) is 17.2. The van der Waals surface area contributed by atoms with Crippen LogP contribution in [0.25, 0.3) is 0 Å². The molecule has 0 atom stereocenters. The van der Waals surface area contributed by atoms with E-state index in [0.717, 1.165) is 36.8 Å². The van der Waals surface area contributed by atoms with E-state index in [-0.39, 0.29) is 29.9 Å². The molecule has 1 amide bonds. The third-order valence-electron chi connectivity index (χ3n) is 5.01. The van der Waals surface area contributed by atoms with Gasteiger partial charge in [-0.3, -0.25) is 9.79 Å². The first-order valence-corrected chi connectivity index (χ1v) is 10.3. The summed E-state index contributed by atoms with van der Waals surface area (Å²) in [6.45, 7) is 4.36. The monoisotopic (exact) mass is 541 g/mol. The zero-order valence-corrected chi connectivity index (χ0v) is 20.3. The summed E-state index contributed by atoms with van der Waals surface area (Å²) in [7, 11) is 1.71. The van der Waals surface area contributed by atoms with Crippen molar-refractivity contribution in [2.45, 2.75) is 13.0 Å². The zero-order chi connectivity index (χ0) is 20.5. The lowest BCUT2D eigenvalue weighted by molar-refractivity contribution is -0.131. The molecule has 0 radical (unpaired) electrons. The molecule has 2 aromatic rings. The highest BCUT2D eigenvalue weighted by Crippen LogP contribution is 2.16. The number of carbonyl (C=O) groups excluding carboxylic acids is 1. The molecule has 0 unspecified atom stereocenters. The topological polar surface area (TPSA) is 60.0 Å². The predicted octanol–water partition coefficient (Wildman–Crippen LogP) is 3.36. The highest BCUT2D eigenvalue weighted by atomic mass is 127. The molecule has 1 fully saturated rings. The first-order chi connectivity index (χ1) is 14.2. The molecular formula is C22H29ClIN5O. The molecule has 0 bridgehead atoms. The second-order valence-corrected chi connectivity index (χ2v) is 7.30.